The van der Waals surface area contributed by atoms with Gasteiger partial charge < -0.3 is 9.47 Å². The van der Waals surface area contributed by atoms with Crippen molar-refractivity contribution >= 4 is 10.0 Å². The summed E-state index contributed by atoms with van der Waals surface area (Å²) in [5, 5.41) is 0. The summed E-state index contributed by atoms with van der Waals surface area (Å²) >= 11 is 0. The van der Waals surface area contributed by atoms with Gasteiger partial charge in [-0.3, -0.25) is 9.36 Å². The van der Waals surface area contributed by atoms with Crippen LogP contribution in [0.15, 0.2) is 70.6 Å². The number of aromatic nitrogens is 2. The molecule has 0 aliphatic rings. The van der Waals surface area contributed by atoms with Crippen LogP contribution in [0.5, 0.6) is 11.5 Å². The highest BCUT2D eigenvalue weighted by Crippen LogP contribution is 2.19. The van der Waals surface area contributed by atoms with Crippen molar-refractivity contribution in [2.24, 2.45) is 0 Å². The van der Waals surface area contributed by atoms with Gasteiger partial charge in [-0.15, -0.1) is 0 Å². The molecule has 0 spiro atoms. The molecule has 29 heavy (non-hydrogen) atoms. The second-order valence-corrected chi connectivity index (χ2v) is 7.87. The van der Waals surface area contributed by atoms with Crippen LogP contribution in [-0.2, 0) is 16.6 Å². The fourth-order valence-corrected chi connectivity index (χ4v) is 3.67. The van der Waals surface area contributed by atoms with Crippen LogP contribution in [-0.4, -0.2) is 38.7 Å². The number of sulfonamides is 1. The monoisotopic (exact) mass is 415 g/mol. The Bertz CT molecular complexity index is 1120. The second kappa shape index (κ2) is 8.89. The lowest BCUT2D eigenvalue weighted by Gasteiger charge is -2.09. The van der Waals surface area contributed by atoms with E-state index in [2.05, 4.69) is 9.71 Å². The molecule has 0 radical (unpaired) electrons. The molecule has 1 heterocycles. The Morgan fingerprint density at radius 2 is 1.55 bits per heavy atom. The highest BCUT2D eigenvalue weighted by atomic mass is 32.2. The number of nitrogens with zero attached hydrogens (tertiary/aromatic N) is 2. The zero-order valence-electron chi connectivity index (χ0n) is 16.0. The third-order valence-corrected chi connectivity index (χ3v) is 5.76. The summed E-state index contributed by atoms with van der Waals surface area (Å²) in [6, 6.07) is 14.7. The molecule has 0 aliphatic carbocycles. The summed E-state index contributed by atoms with van der Waals surface area (Å²) in [6.45, 7) is 0.210. The predicted molar refractivity (Wildman–Crippen MR) is 109 cm³/mol. The number of benzene rings is 2. The minimum Gasteiger partial charge on any atom is -0.497 e. The van der Waals surface area contributed by atoms with E-state index in [0.29, 0.717) is 17.2 Å². The fourth-order valence-electron chi connectivity index (χ4n) is 2.65. The van der Waals surface area contributed by atoms with Crippen molar-refractivity contribution < 1.29 is 17.9 Å². The number of methoxy groups -OCH3 is 2. The quantitative estimate of drug-likeness (QED) is 0.603. The number of nitrogens with one attached hydrogen (secondary N) is 1. The van der Waals surface area contributed by atoms with Gasteiger partial charge in [0.1, 0.15) is 11.5 Å². The Labute approximate surface area is 168 Å². The van der Waals surface area contributed by atoms with Gasteiger partial charge in [0.2, 0.25) is 10.0 Å². The summed E-state index contributed by atoms with van der Waals surface area (Å²) in [6.07, 6.45) is 1.41. The second-order valence-electron chi connectivity index (χ2n) is 6.11. The summed E-state index contributed by atoms with van der Waals surface area (Å²) in [5.41, 5.74) is 1.05. The lowest BCUT2D eigenvalue weighted by atomic mass is 10.1. The number of ether oxygens (including phenoxy) is 2. The van der Waals surface area contributed by atoms with Gasteiger partial charge in [0, 0.05) is 24.7 Å². The summed E-state index contributed by atoms with van der Waals surface area (Å²) in [4.78, 5) is 16.8. The standard InChI is InChI=1S/C20H21N3O5S/c1-27-16-5-3-15(4-6-16)19-13-20(24)23(14-21-19)12-11-22-29(25,26)18-9-7-17(28-2)8-10-18/h3-10,13-14,22H,11-12H2,1-2H3. The molecule has 0 saturated heterocycles. The maximum Gasteiger partial charge on any atom is 0.253 e. The molecule has 1 aromatic heterocycles. The van der Waals surface area contributed by atoms with Crippen molar-refractivity contribution in [1.82, 2.24) is 14.3 Å². The van der Waals surface area contributed by atoms with Gasteiger partial charge in [0.05, 0.1) is 31.1 Å². The normalized spacial score (nSPS) is 11.2. The smallest absolute Gasteiger partial charge is 0.253 e. The molecule has 0 saturated carbocycles. The Hall–Kier alpha value is -3.17. The number of rotatable bonds is 8. The fraction of sp³-hybridized carbons (Fsp3) is 0.200. The zero-order chi connectivity index (χ0) is 20.9. The molecule has 3 aromatic rings. The van der Waals surface area contributed by atoms with Gasteiger partial charge in [-0.1, -0.05) is 0 Å². The molecule has 8 nitrogen and oxygen atoms in total. The van der Waals surface area contributed by atoms with E-state index in [1.165, 1.54) is 36.2 Å². The Morgan fingerprint density at radius 1 is 0.966 bits per heavy atom. The lowest BCUT2D eigenvalue weighted by Crippen LogP contribution is -2.30. The van der Waals surface area contributed by atoms with Crippen molar-refractivity contribution in [3.05, 3.63) is 71.3 Å². The van der Waals surface area contributed by atoms with Gasteiger partial charge in [0.25, 0.3) is 5.56 Å². The van der Waals surface area contributed by atoms with E-state index >= 15 is 0 Å². The largest absolute Gasteiger partial charge is 0.497 e. The maximum absolute atomic E-state index is 12.3. The van der Waals surface area contributed by atoms with Crippen LogP contribution < -0.4 is 19.8 Å². The number of hydrogen-bond donors (Lipinski definition) is 1. The molecule has 1 N–H and O–H groups in total. The van der Waals surface area contributed by atoms with Crippen molar-refractivity contribution in [3.63, 3.8) is 0 Å². The molecular weight excluding hydrogens is 394 g/mol. The predicted octanol–water partition coefficient (Wildman–Crippen LogP) is 1.91. The van der Waals surface area contributed by atoms with Crippen LogP contribution in [0.2, 0.25) is 0 Å². The first-order chi connectivity index (χ1) is 13.9. The molecule has 0 amide bonds. The third-order valence-electron chi connectivity index (χ3n) is 4.28. The average Bonchev–Trinajstić information content (AvgIpc) is 2.75. The lowest BCUT2D eigenvalue weighted by molar-refractivity contribution is 0.414. The van der Waals surface area contributed by atoms with Crippen LogP contribution in [0.3, 0.4) is 0 Å². The van der Waals surface area contributed by atoms with Crippen molar-refractivity contribution in [3.8, 4) is 22.8 Å². The minimum absolute atomic E-state index is 0.0534. The molecule has 0 fully saturated rings. The van der Waals surface area contributed by atoms with Gasteiger partial charge in [0.15, 0.2) is 0 Å². The van der Waals surface area contributed by atoms with Crippen molar-refractivity contribution in [1.29, 1.82) is 0 Å². The summed E-state index contributed by atoms with van der Waals surface area (Å²) < 4.78 is 38.6. The topological polar surface area (TPSA) is 99.5 Å². The van der Waals surface area contributed by atoms with Crippen molar-refractivity contribution in [2.45, 2.75) is 11.4 Å². The SMILES string of the molecule is COc1ccc(-c2cc(=O)n(CCNS(=O)(=O)c3ccc(OC)cc3)cn2)cc1. The van der Waals surface area contributed by atoms with Gasteiger partial charge >= 0.3 is 0 Å². The zero-order valence-corrected chi connectivity index (χ0v) is 16.8. The van der Waals surface area contributed by atoms with E-state index in [9.17, 15) is 13.2 Å². The molecule has 0 aliphatic heterocycles. The van der Waals surface area contributed by atoms with E-state index in [-0.39, 0.29) is 23.5 Å². The van der Waals surface area contributed by atoms with Crippen LogP contribution in [0.25, 0.3) is 11.3 Å². The van der Waals surface area contributed by atoms with Crippen LogP contribution in [0.4, 0.5) is 0 Å². The molecule has 0 bridgehead atoms. The first-order valence-electron chi connectivity index (χ1n) is 8.77. The van der Waals surface area contributed by atoms with Gasteiger partial charge in [-0.2, -0.15) is 0 Å². The molecular formula is C20H21N3O5S. The van der Waals surface area contributed by atoms with Gasteiger partial charge in [-0.05, 0) is 48.5 Å². The van der Waals surface area contributed by atoms with E-state index in [4.69, 9.17) is 9.47 Å². The van der Waals surface area contributed by atoms with Crippen molar-refractivity contribution in [2.75, 3.05) is 20.8 Å². The minimum atomic E-state index is -3.68. The third kappa shape index (κ3) is 5.01. The molecule has 0 atom stereocenters. The molecule has 2 aromatic carbocycles. The Kier molecular flexibility index (Phi) is 6.30. The highest BCUT2D eigenvalue weighted by molar-refractivity contribution is 7.89. The molecule has 152 valence electrons. The molecule has 0 unspecified atom stereocenters. The maximum atomic E-state index is 12.3. The summed E-state index contributed by atoms with van der Waals surface area (Å²) in [7, 11) is -0.591. The van der Waals surface area contributed by atoms with E-state index < -0.39 is 10.0 Å². The first-order valence-corrected chi connectivity index (χ1v) is 10.3. The van der Waals surface area contributed by atoms with E-state index in [1.54, 1.807) is 31.4 Å². The Balaban J connectivity index is 1.65. The average molecular weight is 415 g/mol. The van der Waals surface area contributed by atoms with Crippen LogP contribution >= 0.6 is 0 Å². The molecule has 9 heteroatoms. The number of hydrogen-bond acceptors (Lipinski definition) is 6. The Morgan fingerprint density at radius 3 is 2.10 bits per heavy atom. The van der Waals surface area contributed by atoms with Crippen LogP contribution in [0.1, 0.15) is 0 Å². The highest BCUT2D eigenvalue weighted by Gasteiger charge is 2.13. The van der Waals surface area contributed by atoms with E-state index in [1.807, 2.05) is 12.1 Å². The van der Waals surface area contributed by atoms with Gasteiger partial charge in [-0.25, -0.2) is 18.1 Å². The molecule has 3 rings (SSSR count). The first kappa shape index (κ1) is 20.6. The van der Waals surface area contributed by atoms with E-state index in [0.717, 1.165) is 5.56 Å². The summed E-state index contributed by atoms with van der Waals surface area (Å²) in [5.74, 6) is 1.28. The van der Waals surface area contributed by atoms with Crippen LogP contribution in [0, 0.1) is 0 Å².